The molecule has 6 heteroatoms. The van der Waals surface area contributed by atoms with E-state index in [9.17, 15) is 14.4 Å². The summed E-state index contributed by atoms with van der Waals surface area (Å²) < 4.78 is 16.8. The van der Waals surface area contributed by atoms with Crippen molar-refractivity contribution in [2.24, 2.45) is 0 Å². The fourth-order valence-electron chi connectivity index (χ4n) is 7.38. The van der Waals surface area contributed by atoms with Crippen LogP contribution in [-0.2, 0) is 28.6 Å². The van der Waals surface area contributed by atoms with E-state index in [0.717, 1.165) is 96.3 Å². The normalized spacial score (nSPS) is 12.8. The third-order valence-electron chi connectivity index (χ3n) is 11.5. The third kappa shape index (κ3) is 53.2. The van der Waals surface area contributed by atoms with Gasteiger partial charge in [0, 0.05) is 19.3 Å². The molecule has 0 aliphatic heterocycles. The van der Waals surface area contributed by atoms with Crippen molar-refractivity contribution in [2.75, 3.05) is 13.2 Å². The standard InChI is InChI=1S/C61H102O6/c1-4-7-10-13-16-19-22-25-28-31-34-36-39-42-45-48-51-54-60(63)66-57-58(67-61(64)55-52-49-46-43-40-37-33-30-27-24-21-18-15-12-9-6-3)56-65-59(62)53-50-47-44-41-38-35-32-29-26-23-20-17-14-11-8-5-2/h9,12,18,21,25,27-30,32,34,36-37,40,42,45,58H,4-8,10-11,13-17,19-20,22-24,26,31,33,35,38-39,41,43-44,46-57H2,1-3H3/b12-9-,21-18-,28-25-,30-27-,32-29-,36-34-,40-37-,45-42-. The smallest absolute Gasteiger partial charge is 0.306 e. The van der Waals surface area contributed by atoms with Crippen LogP contribution >= 0.6 is 0 Å². The number of carbonyl (C=O) groups is 3. The zero-order valence-corrected chi connectivity index (χ0v) is 43.6. The molecule has 0 rings (SSSR count). The number of rotatable bonds is 49. The minimum atomic E-state index is -0.819. The van der Waals surface area contributed by atoms with Gasteiger partial charge in [-0.15, -0.1) is 0 Å². The van der Waals surface area contributed by atoms with Gasteiger partial charge in [0.1, 0.15) is 13.2 Å². The predicted octanol–water partition coefficient (Wildman–Crippen LogP) is 18.5. The summed E-state index contributed by atoms with van der Waals surface area (Å²) in [6.07, 6.45) is 72.6. The fourth-order valence-corrected chi connectivity index (χ4v) is 7.38. The first-order chi connectivity index (χ1) is 33.0. The summed E-state index contributed by atoms with van der Waals surface area (Å²) in [4.78, 5) is 38.1. The number of allylic oxidation sites excluding steroid dienone is 16. The van der Waals surface area contributed by atoms with Crippen molar-refractivity contribution < 1.29 is 28.6 Å². The molecule has 382 valence electrons. The molecule has 0 aliphatic rings. The molecule has 1 unspecified atom stereocenters. The van der Waals surface area contributed by atoms with Gasteiger partial charge < -0.3 is 14.2 Å². The molecule has 0 aromatic rings. The van der Waals surface area contributed by atoms with Crippen LogP contribution in [-0.4, -0.2) is 37.2 Å². The highest BCUT2D eigenvalue weighted by Crippen LogP contribution is 2.13. The third-order valence-corrected chi connectivity index (χ3v) is 11.5. The molecule has 0 aromatic carbocycles. The number of ether oxygens (including phenoxy) is 3. The Balaban J connectivity index is 4.53. The SMILES string of the molecule is CC/C=C\C/C=C\C/C=C\C/C=C\CCCCCC(=O)OC(COC(=O)CCC/C=C\C/C=C\C/C=C\CCCCCCCC)COC(=O)CCCCCCC/C=C\CCCCCCCCC. The lowest BCUT2D eigenvalue weighted by Gasteiger charge is -2.18. The molecule has 1 atom stereocenters. The number of hydrogen-bond donors (Lipinski definition) is 0. The maximum absolute atomic E-state index is 12.8. The van der Waals surface area contributed by atoms with Crippen LogP contribution in [0.1, 0.15) is 252 Å². The van der Waals surface area contributed by atoms with Gasteiger partial charge in [0.2, 0.25) is 0 Å². The lowest BCUT2D eigenvalue weighted by molar-refractivity contribution is -0.167. The van der Waals surface area contributed by atoms with Crippen molar-refractivity contribution in [1.29, 1.82) is 0 Å². The van der Waals surface area contributed by atoms with E-state index in [2.05, 4.69) is 118 Å². The van der Waals surface area contributed by atoms with Crippen LogP contribution in [0.3, 0.4) is 0 Å². The second kappa shape index (κ2) is 54.9. The fraction of sp³-hybridized carbons (Fsp3) is 0.689. The van der Waals surface area contributed by atoms with Crippen LogP contribution in [0, 0.1) is 0 Å². The maximum atomic E-state index is 12.8. The van der Waals surface area contributed by atoms with Crippen molar-refractivity contribution >= 4 is 17.9 Å². The summed E-state index contributed by atoms with van der Waals surface area (Å²) in [6.45, 7) is 6.44. The Morgan fingerprint density at radius 1 is 0.313 bits per heavy atom. The van der Waals surface area contributed by atoms with Crippen LogP contribution < -0.4 is 0 Å². The first-order valence-corrected chi connectivity index (χ1v) is 27.7. The summed E-state index contributed by atoms with van der Waals surface area (Å²) in [5, 5.41) is 0. The van der Waals surface area contributed by atoms with Gasteiger partial charge >= 0.3 is 17.9 Å². The Bertz CT molecular complexity index is 1350. The van der Waals surface area contributed by atoms with E-state index in [-0.39, 0.29) is 44.0 Å². The molecule has 0 N–H and O–H groups in total. The molecule has 67 heavy (non-hydrogen) atoms. The second-order valence-corrected chi connectivity index (χ2v) is 18.1. The van der Waals surface area contributed by atoms with Crippen LogP contribution in [0.2, 0.25) is 0 Å². The number of unbranched alkanes of at least 4 members (excludes halogenated alkanes) is 22. The average molecular weight is 931 g/mol. The predicted molar refractivity (Wildman–Crippen MR) is 288 cm³/mol. The minimum absolute atomic E-state index is 0.111. The molecule has 0 aromatic heterocycles. The highest BCUT2D eigenvalue weighted by Gasteiger charge is 2.19. The Morgan fingerprint density at radius 2 is 0.597 bits per heavy atom. The summed E-state index contributed by atoms with van der Waals surface area (Å²) >= 11 is 0. The maximum Gasteiger partial charge on any atom is 0.306 e. The average Bonchev–Trinajstić information content (AvgIpc) is 3.33. The first-order valence-electron chi connectivity index (χ1n) is 27.7. The lowest BCUT2D eigenvalue weighted by Crippen LogP contribution is -2.30. The van der Waals surface area contributed by atoms with Gasteiger partial charge in [-0.3, -0.25) is 14.4 Å². The van der Waals surface area contributed by atoms with E-state index in [1.54, 1.807) is 0 Å². The molecule has 0 heterocycles. The molecule has 0 radical (unpaired) electrons. The van der Waals surface area contributed by atoms with Crippen LogP contribution in [0.25, 0.3) is 0 Å². The van der Waals surface area contributed by atoms with Gasteiger partial charge in [-0.1, -0.05) is 214 Å². The van der Waals surface area contributed by atoms with Crippen LogP contribution in [0.4, 0.5) is 0 Å². The van der Waals surface area contributed by atoms with Crippen LogP contribution in [0.5, 0.6) is 0 Å². The Labute approximate surface area is 413 Å². The quantitative estimate of drug-likeness (QED) is 0.0262. The van der Waals surface area contributed by atoms with E-state index >= 15 is 0 Å². The lowest BCUT2D eigenvalue weighted by atomic mass is 10.1. The topological polar surface area (TPSA) is 78.9 Å². The van der Waals surface area contributed by atoms with E-state index in [1.807, 2.05) is 0 Å². The van der Waals surface area contributed by atoms with E-state index in [4.69, 9.17) is 14.2 Å². The number of carbonyl (C=O) groups excluding carboxylic acids is 3. The molecular weight excluding hydrogens is 829 g/mol. The summed E-state index contributed by atoms with van der Waals surface area (Å²) in [5.74, 6) is -1.00. The van der Waals surface area contributed by atoms with Gasteiger partial charge in [0.05, 0.1) is 0 Å². The molecule has 6 nitrogen and oxygen atoms in total. The molecule has 0 fully saturated rings. The van der Waals surface area contributed by atoms with Gasteiger partial charge in [0.25, 0.3) is 0 Å². The molecule has 0 saturated carbocycles. The zero-order valence-electron chi connectivity index (χ0n) is 43.6. The van der Waals surface area contributed by atoms with Crippen molar-refractivity contribution in [3.63, 3.8) is 0 Å². The summed E-state index contributed by atoms with van der Waals surface area (Å²) in [7, 11) is 0. The van der Waals surface area contributed by atoms with Gasteiger partial charge in [0.15, 0.2) is 6.10 Å². The summed E-state index contributed by atoms with van der Waals surface area (Å²) in [6, 6.07) is 0. The number of esters is 3. The largest absolute Gasteiger partial charge is 0.462 e. The van der Waals surface area contributed by atoms with E-state index < -0.39 is 6.10 Å². The summed E-state index contributed by atoms with van der Waals surface area (Å²) in [5.41, 5.74) is 0. The van der Waals surface area contributed by atoms with E-state index in [0.29, 0.717) is 19.3 Å². The van der Waals surface area contributed by atoms with Crippen molar-refractivity contribution in [3.05, 3.63) is 97.2 Å². The van der Waals surface area contributed by atoms with Gasteiger partial charge in [-0.2, -0.15) is 0 Å². The zero-order chi connectivity index (χ0) is 48.6. The van der Waals surface area contributed by atoms with Crippen molar-refractivity contribution in [2.45, 2.75) is 258 Å². The highest BCUT2D eigenvalue weighted by molar-refractivity contribution is 5.71. The molecule has 0 saturated heterocycles. The Kier molecular flexibility index (Phi) is 51.9. The monoisotopic (exact) mass is 931 g/mol. The highest BCUT2D eigenvalue weighted by atomic mass is 16.6. The van der Waals surface area contributed by atoms with Crippen molar-refractivity contribution in [3.8, 4) is 0 Å². The van der Waals surface area contributed by atoms with Gasteiger partial charge in [-0.25, -0.2) is 0 Å². The molecule has 0 aliphatic carbocycles. The van der Waals surface area contributed by atoms with Gasteiger partial charge in [-0.05, 0) is 116 Å². The Hall–Kier alpha value is -3.67. The van der Waals surface area contributed by atoms with E-state index in [1.165, 1.54) is 103 Å². The minimum Gasteiger partial charge on any atom is -0.462 e. The van der Waals surface area contributed by atoms with Crippen LogP contribution in [0.15, 0.2) is 97.2 Å². The second-order valence-electron chi connectivity index (χ2n) is 18.1. The molecule has 0 bridgehead atoms. The van der Waals surface area contributed by atoms with Crippen molar-refractivity contribution in [1.82, 2.24) is 0 Å². The number of hydrogen-bond acceptors (Lipinski definition) is 6. The first kappa shape index (κ1) is 63.3. The molecular formula is C61H102O6. The molecule has 0 spiro atoms. The molecule has 0 amide bonds. The Morgan fingerprint density at radius 3 is 1.00 bits per heavy atom.